The molecule has 3 rings (SSSR count). The second kappa shape index (κ2) is 5.61. The molecule has 5 nitrogen and oxygen atoms in total. The molecule has 1 amide bonds. The highest BCUT2D eigenvalue weighted by molar-refractivity contribution is 6.04. The summed E-state index contributed by atoms with van der Waals surface area (Å²) in [6.07, 6.45) is 0. The number of carbonyl (C=O) groups is 2. The lowest BCUT2D eigenvalue weighted by atomic mass is 10.1. The van der Waals surface area contributed by atoms with Gasteiger partial charge in [0.2, 0.25) is 0 Å². The van der Waals surface area contributed by atoms with Crippen molar-refractivity contribution < 1.29 is 14.7 Å². The summed E-state index contributed by atoms with van der Waals surface area (Å²) in [7, 11) is 2.05. The third-order valence-electron chi connectivity index (χ3n) is 3.74. The number of nitrogens with zero attached hydrogens (tertiary/aromatic N) is 1. The molecule has 1 heterocycles. The zero-order chi connectivity index (χ0) is 15.7. The first kappa shape index (κ1) is 14.3. The van der Waals surface area contributed by atoms with Crippen LogP contribution >= 0.6 is 0 Å². The molecule has 22 heavy (non-hydrogen) atoms. The van der Waals surface area contributed by atoms with Crippen LogP contribution in [0.4, 0.5) is 5.69 Å². The van der Waals surface area contributed by atoms with Gasteiger partial charge >= 0.3 is 5.97 Å². The molecule has 2 aromatic rings. The highest BCUT2D eigenvalue weighted by Gasteiger charge is 2.17. The number of hydrogen-bond donors (Lipinski definition) is 2. The fourth-order valence-electron chi connectivity index (χ4n) is 2.61. The number of anilines is 1. The van der Waals surface area contributed by atoms with Gasteiger partial charge in [-0.2, -0.15) is 0 Å². The molecule has 0 unspecified atom stereocenters. The number of benzene rings is 2. The van der Waals surface area contributed by atoms with Gasteiger partial charge in [-0.25, -0.2) is 4.79 Å². The quantitative estimate of drug-likeness (QED) is 0.913. The molecule has 0 saturated heterocycles. The second-order valence-corrected chi connectivity index (χ2v) is 5.49. The Morgan fingerprint density at radius 3 is 2.32 bits per heavy atom. The number of fused-ring (bicyclic) bond motifs is 1. The van der Waals surface area contributed by atoms with Crippen molar-refractivity contribution in [1.82, 2.24) is 4.90 Å². The molecular weight excluding hydrogens is 280 g/mol. The molecule has 2 N–H and O–H groups in total. The first-order valence-corrected chi connectivity index (χ1v) is 6.98. The van der Waals surface area contributed by atoms with Crippen molar-refractivity contribution >= 4 is 17.6 Å². The van der Waals surface area contributed by atoms with Crippen LogP contribution in [0.2, 0.25) is 0 Å². The van der Waals surface area contributed by atoms with Crippen molar-refractivity contribution in [2.24, 2.45) is 0 Å². The summed E-state index contributed by atoms with van der Waals surface area (Å²) in [4.78, 5) is 25.3. The first-order chi connectivity index (χ1) is 10.5. The summed E-state index contributed by atoms with van der Waals surface area (Å²) in [5, 5.41) is 11.6. The van der Waals surface area contributed by atoms with Crippen LogP contribution < -0.4 is 5.32 Å². The number of carboxylic acid groups (broad SMARTS) is 1. The van der Waals surface area contributed by atoms with Gasteiger partial charge in [-0.05, 0) is 54.6 Å². The van der Waals surface area contributed by atoms with E-state index in [9.17, 15) is 9.59 Å². The van der Waals surface area contributed by atoms with Crippen LogP contribution in [0, 0.1) is 0 Å². The molecule has 0 fully saturated rings. The lowest BCUT2D eigenvalue weighted by molar-refractivity contribution is 0.0696. The number of carbonyl (C=O) groups excluding carboxylic acids is 1. The standard InChI is InChI=1S/C17H16N2O3/c1-19-9-13-3-2-12(8-14(13)10-19)16(20)18-15-6-4-11(5-7-15)17(21)22/h2-8H,9-10H2,1H3,(H,18,20)(H,21,22). The molecule has 0 spiro atoms. The summed E-state index contributed by atoms with van der Waals surface area (Å²) in [6, 6.07) is 11.8. The van der Waals surface area contributed by atoms with E-state index >= 15 is 0 Å². The van der Waals surface area contributed by atoms with Crippen LogP contribution in [0.3, 0.4) is 0 Å². The Labute approximate surface area is 128 Å². The van der Waals surface area contributed by atoms with E-state index in [1.54, 1.807) is 12.1 Å². The average Bonchev–Trinajstić information content (AvgIpc) is 2.86. The molecule has 0 aliphatic carbocycles. The monoisotopic (exact) mass is 296 g/mol. The Morgan fingerprint density at radius 1 is 1.00 bits per heavy atom. The predicted octanol–water partition coefficient (Wildman–Crippen LogP) is 2.58. The Kier molecular flexibility index (Phi) is 3.65. The molecule has 0 saturated carbocycles. The van der Waals surface area contributed by atoms with E-state index in [0.29, 0.717) is 11.3 Å². The fourth-order valence-corrected chi connectivity index (χ4v) is 2.61. The Hall–Kier alpha value is -2.66. The summed E-state index contributed by atoms with van der Waals surface area (Å²) in [6.45, 7) is 1.76. The summed E-state index contributed by atoms with van der Waals surface area (Å²) < 4.78 is 0. The molecule has 5 heteroatoms. The maximum atomic E-state index is 12.3. The van der Waals surface area contributed by atoms with Crippen LogP contribution in [0.5, 0.6) is 0 Å². The molecule has 0 atom stereocenters. The van der Waals surface area contributed by atoms with Gasteiger partial charge < -0.3 is 10.4 Å². The van der Waals surface area contributed by atoms with Gasteiger partial charge in [0.1, 0.15) is 0 Å². The molecule has 0 bridgehead atoms. The maximum absolute atomic E-state index is 12.3. The van der Waals surface area contributed by atoms with Crippen molar-refractivity contribution in [1.29, 1.82) is 0 Å². The van der Waals surface area contributed by atoms with Gasteiger partial charge in [-0.15, -0.1) is 0 Å². The van der Waals surface area contributed by atoms with Crippen molar-refractivity contribution in [3.63, 3.8) is 0 Å². The summed E-state index contributed by atoms with van der Waals surface area (Å²) >= 11 is 0. The number of amides is 1. The molecule has 112 valence electrons. The number of aromatic carboxylic acids is 1. The van der Waals surface area contributed by atoms with E-state index in [-0.39, 0.29) is 11.5 Å². The number of rotatable bonds is 3. The third kappa shape index (κ3) is 2.84. The predicted molar refractivity (Wildman–Crippen MR) is 83.0 cm³/mol. The molecule has 1 aliphatic heterocycles. The van der Waals surface area contributed by atoms with Crippen molar-refractivity contribution in [3.05, 3.63) is 64.7 Å². The molecule has 1 aliphatic rings. The van der Waals surface area contributed by atoms with E-state index in [4.69, 9.17) is 5.11 Å². The second-order valence-electron chi connectivity index (χ2n) is 5.49. The molecule has 0 radical (unpaired) electrons. The lowest BCUT2D eigenvalue weighted by Crippen LogP contribution is -2.12. The minimum Gasteiger partial charge on any atom is -0.478 e. The van der Waals surface area contributed by atoms with E-state index in [2.05, 4.69) is 10.2 Å². The molecular formula is C17H16N2O3. The van der Waals surface area contributed by atoms with E-state index in [0.717, 1.165) is 13.1 Å². The Bertz CT molecular complexity index is 738. The van der Waals surface area contributed by atoms with Gasteiger partial charge in [-0.3, -0.25) is 9.69 Å². The zero-order valence-electron chi connectivity index (χ0n) is 12.2. The van der Waals surface area contributed by atoms with Crippen molar-refractivity contribution in [2.75, 3.05) is 12.4 Å². The van der Waals surface area contributed by atoms with E-state index in [1.165, 1.54) is 23.3 Å². The number of carboxylic acids is 1. The number of nitrogens with one attached hydrogen (secondary N) is 1. The van der Waals surface area contributed by atoms with Gasteiger partial charge in [0.05, 0.1) is 5.56 Å². The van der Waals surface area contributed by atoms with Gasteiger partial charge in [0.25, 0.3) is 5.91 Å². The summed E-state index contributed by atoms with van der Waals surface area (Å²) in [5.41, 5.74) is 3.81. The minimum atomic E-state index is -0.986. The maximum Gasteiger partial charge on any atom is 0.335 e. The van der Waals surface area contributed by atoms with Crippen LogP contribution in [-0.4, -0.2) is 28.9 Å². The van der Waals surface area contributed by atoms with Crippen molar-refractivity contribution in [2.45, 2.75) is 13.1 Å². The van der Waals surface area contributed by atoms with E-state index in [1.807, 2.05) is 25.2 Å². The van der Waals surface area contributed by atoms with Gasteiger partial charge in [-0.1, -0.05) is 6.07 Å². The van der Waals surface area contributed by atoms with E-state index < -0.39 is 5.97 Å². The smallest absolute Gasteiger partial charge is 0.335 e. The van der Waals surface area contributed by atoms with Crippen LogP contribution in [0.1, 0.15) is 31.8 Å². The first-order valence-electron chi connectivity index (χ1n) is 6.98. The zero-order valence-corrected chi connectivity index (χ0v) is 12.2. The highest BCUT2D eigenvalue weighted by atomic mass is 16.4. The Morgan fingerprint density at radius 2 is 1.64 bits per heavy atom. The normalized spacial score (nSPS) is 13.7. The average molecular weight is 296 g/mol. The van der Waals surface area contributed by atoms with Crippen LogP contribution in [0.25, 0.3) is 0 Å². The molecule has 0 aromatic heterocycles. The van der Waals surface area contributed by atoms with Crippen LogP contribution in [-0.2, 0) is 13.1 Å². The highest BCUT2D eigenvalue weighted by Crippen LogP contribution is 2.23. The SMILES string of the molecule is CN1Cc2ccc(C(=O)Nc3ccc(C(=O)O)cc3)cc2C1. The summed E-state index contributed by atoms with van der Waals surface area (Å²) in [5.74, 6) is -1.18. The van der Waals surface area contributed by atoms with Gasteiger partial charge in [0.15, 0.2) is 0 Å². The van der Waals surface area contributed by atoms with Crippen molar-refractivity contribution in [3.8, 4) is 0 Å². The third-order valence-corrected chi connectivity index (χ3v) is 3.74. The van der Waals surface area contributed by atoms with Gasteiger partial charge in [0, 0.05) is 24.3 Å². The number of hydrogen-bond acceptors (Lipinski definition) is 3. The lowest BCUT2D eigenvalue weighted by Gasteiger charge is -2.07. The fraction of sp³-hybridized carbons (Fsp3) is 0.176. The van der Waals surface area contributed by atoms with Crippen LogP contribution in [0.15, 0.2) is 42.5 Å². The minimum absolute atomic E-state index is 0.193. The molecule has 2 aromatic carbocycles. The topological polar surface area (TPSA) is 69.6 Å². The largest absolute Gasteiger partial charge is 0.478 e. The Balaban J connectivity index is 1.75.